The molecule has 0 radical (unpaired) electrons. The number of carbonyl (C=O) groups excluding carboxylic acids is 1. The Balaban J connectivity index is 0.00000242. The first-order valence-corrected chi connectivity index (χ1v) is 7.82. The van der Waals surface area contributed by atoms with Crippen LogP contribution in [0.4, 0.5) is 0 Å². The zero-order valence-electron chi connectivity index (χ0n) is 12.8. The van der Waals surface area contributed by atoms with Gasteiger partial charge < -0.3 is 15.8 Å². The fourth-order valence-corrected chi connectivity index (χ4v) is 3.09. The standard InChI is InChI=1S/C16H23ClN2O2.ClH/c1-21-13-6-5-11(14(17)10-13)7-8-19-16(20)9-12-3-2-4-15(12)18;/h5-6,10,12,15H,2-4,7-9,18H2,1H3,(H,19,20);1H/t12-,15+;/m0./s1. The van der Waals surface area contributed by atoms with E-state index in [0.29, 0.717) is 30.3 Å². The van der Waals surface area contributed by atoms with E-state index in [4.69, 9.17) is 22.1 Å². The van der Waals surface area contributed by atoms with E-state index in [-0.39, 0.29) is 24.4 Å². The number of carbonyl (C=O) groups is 1. The van der Waals surface area contributed by atoms with Gasteiger partial charge >= 0.3 is 0 Å². The number of rotatable bonds is 6. The fourth-order valence-electron chi connectivity index (χ4n) is 2.82. The van der Waals surface area contributed by atoms with Gasteiger partial charge in [-0.2, -0.15) is 0 Å². The van der Waals surface area contributed by atoms with Crippen molar-refractivity contribution in [3.05, 3.63) is 28.8 Å². The minimum absolute atomic E-state index is 0. The van der Waals surface area contributed by atoms with E-state index < -0.39 is 0 Å². The van der Waals surface area contributed by atoms with Crippen molar-refractivity contribution in [1.82, 2.24) is 5.32 Å². The summed E-state index contributed by atoms with van der Waals surface area (Å²) in [5.74, 6) is 1.17. The zero-order chi connectivity index (χ0) is 15.2. The summed E-state index contributed by atoms with van der Waals surface area (Å²) in [6, 6.07) is 5.78. The molecule has 1 fully saturated rings. The van der Waals surface area contributed by atoms with Gasteiger partial charge in [0.15, 0.2) is 0 Å². The summed E-state index contributed by atoms with van der Waals surface area (Å²) in [7, 11) is 1.61. The Morgan fingerprint density at radius 2 is 2.23 bits per heavy atom. The van der Waals surface area contributed by atoms with Crippen molar-refractivity contribution in [2.75, 3.05) is 13.7 Å². The number of amides is 1. The van der Waals surface area contributed by atoms with Gasteiger partial charge in [-0.05, 0) is 42.9 Å². The Morgan fingerprint density at radius 1 is 1.45 bits per heavy atom. The number of benzene rings is 1. The summed E-state index contributed by atoms with van der Waals surface area (Å²) >= 11 is 6.17. The third-order valence-corrected chi connectivity index (χ3v) is 4.49. The average molecular weight is 347 g/mol. The lowest BCUT2D eigenvalue weighted by Gasteiger charge is -2.15. The van der Waals surface area contributed by atoms with Crippen molar-refractivity contribution in [1.29, 1.82) is 0 Å². The molecule has 6 heteroatoms. The smallest absolute Gasteiger partial charge is 0.220 e. The van der Waals surface area contributed by atoms with Crippen LogP contribution in [0.5, 0.6) is 5.75 Å². The minimum atomic E-state index is 0. The van der Waals surface area contributed by atoms with Crippen LogP contribution >= 0.6 is 24.0 Å². The van der Waals surface area contributed by atoms with Crippen LogP contribution in [-0.4, -0.2) is 25.6 Å². The van der Waals surface area contributed by atoms with Crippen molar-refractivity contribution in [2.24, 2.45) is 11.7 Å². The second kappa shape index (κ2) is 9.23. The summed E-state index contributed by atoms with van der Waals surface area (Å²) in [5, 5.41) is 3.62. The third-order valence-electron chi connectivity index (χ3n) is 4.14. The molecule has 0 spiro atoms. The normalized spacial score (nSPS) is 20.3. The second-order valence-corrected chi connectivity index (χ2v) is 6.02. The maximum Gasteiger partial charge on any atom is 0.220 e. The molecule has 1 aromatic rings. The lowest BCUT2D eigenvalue weighted by molar-refractivity contribution is -0.122. The van der Waals surface area contributed by atoms with Crippen molar-refractivity contribution in [3.8, 4) is 5.75 Å². The molecule has 1 aromatic carbocycles. The lowest BCUT2D eigenvalue weighted by atomic mass is 10.00. The highest BCUT2D eigenvalue weighted by Crippen LogP contribution is 2.26. The van der Waals surface area contributed by atoms with E-state index in [9.17, 15) is 4.79 Å². The fraction of sp³-hybridized carbons (Fsp3) is 0.562. The molecule has 2 rings (SSSR count). The van der Waals surface area contributed by atoms with E-state index in [1.54, 1.807) is 13.2 Å². The van der Waals surface area contributed by atoms with E-state index >= 15 is 0 Å². The molecule has 2 atom stereocenters. The van der Waals surface area contributed by atoms with Gasteiger partial charge in [0, 0.05) is 24.0 Å². The number of nitrogens with two attached hydrogens (primary N) is 1. The lowest BCUT2D eigenvalue weighted by Crippen LogP contribution is -2.32. The summed E-state index contributed by atoms with van der Waals surface area (Å²) in [5.41, 5.74) is 6.99. The highest BCUT2D eigenvalue weighted by atomic mass is 35.5. The van der Waals surface area contributed by atoms with Crippen LogP contribution in [0.15, 0.2) is 18.2 Å². The van der Waals surface area contributed by atoms with Crippen LogP contribution in [0, 0.1) is 5.92 Å². The molecule has 4 nitrogen and oxygen atoms in total. The molecule has 0 saturated heterocycles. The number of nitrogens with one attached hydrogen (secondary N) is 1. The van der Waals surface area contributed by atoms with E-state index in [2.05, 4.69) is 5.32 Å². The SMILES string of the molecule is COc1ccc(CCNC(=O)C[C@@H]2CCC[C@H]2N)c(Cl)c1.Cl. The Bertz CT molecular complexity index is 497. The molecule has 0 aromatic heterocycles. The summed E-state index contributed by atoms with van der Waals surface area (Å²) in [6.07, 6.45) is 4.50. The maximum atomic E-state index is 11.9. The minimum Gasteiger partial charge on any atom is -0.497 e. The molecule has 22 heavy (non-hydrogen) atoms. The van der Waals surface area contributed by atoms with Gasteiger partial charge in [-0.15, -0.1) is 12.4 Å². The first-order valence-electron chi connectivity index (χ1n) is 7.45. The quantitative estimate of drug-likeness (QED) is 0.832. The van der Waals surface area contributed by atoms with E-state index in [1.807, 2.05) is 12.1 Å². The van der Waals surface area contributed by atoms with Gasteiger partial charge in [0.1, 0.15) is 5.75 Å². The van der Waals surface area contributed by atoms with Gasteiger partial charge in [-0.3, -0.25) is 4.79 Å². The van der Waals surface area contributed by atoms with Crippen LogP contribution < -0.4 is 15.8 Å². The van der Waals surface area contributed by atoms with Gasteiger partial charge in [0.2, 0.25) is 5.91 Å². The van der Waals surface area contributed by atoms with Crippen LogP contribution in [0.1, 0.15) is 31.2 Å². The topological polar surface area (TPSA) is 64.3 Å². The van der Waals surface area contributed by atoms with E-state index in [1.165, 1.54) is 0 Å². The Morgan fingerprint density at radius 3 is 2.82 bits per heavy atom. The van der Waals surface area contributed by atoms with Crippen LogP contribution in [0.3, 0.4) is 0 Å². The number of hydrogen-bond acceptors (Lipinski definition) is 3. The molecule has 1 saturated carbocycles. The molecular formula is C16H24Cl2N2O2. The monoisotopic (exact) mass is 346 g/mol. The molecule has 0 unspecified atom stereocenters. The predicted molar refractivity (Wildman–Crippen MR) is 91.9 cm³/mol. The molecule has 1 amide bonds. The predicted octanol–water partition coefficient (Wildman–Crippen LogP) is 2.95. The Hall–Kier alpha value is -0.970. The Kier molecular flexibility index (Phi) is 8.01. The first kappa shape index (κ1) is 19.1. The average Bonchev–Trinajstić information content (AvgIpc) is 2.86. The molecule has 0 bridgehead atoms. The zero-order valence-corrected chi connectivity index (χ0v) is 14.4. The van der Waals surface area contributed by atoms with Crippen LogP contribution in [0.25, 0.3) is 0 Å². The molecule has 0 aliphatic heterocycles. The number of halogens is 2. The number of ether oxygens (including phenoxy) is 1. The molecule has 0 heterocycles. The number of methoxy groups -OCH3 is 1. The molecule has 1 aliphatic rings. The molecule has 1 aliphatic carbocycles. The molecule has 3 N–H and O–H groups in total. The van der Waals surface area contributed by atoms with Crippen molar-refractivity contribution >= 4 is 29.9 Å². The Labute approximate surface area is 143 Å². The largest absolute Gasteiger partial charge is 0.497 e. The number of hydrogen-bond donors (Lipinski definition) is 2. The summed E-state index contributed by atoms with van der Waals surface area (Å²) in [4.78, 5) is 11.9. The van der Waals surface area contributed by atoms with Crippen molar-refractivity contribution in [3.63, 3.8) is 0 Å². The van der Waals surface area contributed by atoms with Gasteiger partial charge in [-0.25, -0.2) is 0 Å². The van der Waals surface area contributed by atoms with E-state index in [0.717, 1.165) is 30.6 Å². The molecule has 124 valence electrons. The van der Waals surface area contributed by atoms with Crippen LogP contribution in [-0.2, 0) is 11.2 Å². The third kappa shape index (κ3) is 5.34. The van der Waals surface area contributed by atoms with Crippen molar-refractivity contribution < 1.29 is 9.53 Å². The summed E-state index contributed by atoms with van der Waals surface area (Å²) < 4.78 is 5.11. The van der Waals surface area contributed by atoms with Gasteiger partial charge in [-0.1, -0.05) is 24.1 Å². The highest BCUT2D eigenvalue weighted by Gasteiger charge is 2.25. The maximum absolute atomic E-state index is 11.9. The highest BCUT2D eigenvalue weighted by molar-refractivity contribution is 6.31. The van der Waals surface area contributed by atoms with Gasteiger partial charge in [0.05, 0.1) is 7.11 Å². The first-order chi connectivity index (χ1) is 10.1. The summed E-state index contributed by atoms with van der Waals surface area (Å²) in [6.45, 7) is 0.590. The van der Waals surface area contributed by atoms with Gasteiger partial charge in [0.25, 0.3) is 0 Å². The molecular weight excluding hydrogens is 323 g/mol. The van der Waals surface area contributed by atoms with Crippen molar-refractivity contribution in [2.45, 2.75) is 38.1 Å². The van der Waals surface area contributed by atoms with Crippen LogP contribution in [0.2, 0.25) is 5.02 Å². The second-order valence-electron chi connectivity index (χ2n) is 5.62.